The van der Waals surface area contributed by atoms with Gasteiger partial charge in [-0.3, -0.25) is 4.79 Å². The lowest BCUT2D eigenvalue weighted by molar-refractivity contribution is -0.141. The van der Waals surface area contributed by atoms with Crippen molar-refractivity contribution in [2.75, 3.05) is 0 Å². The number of hydrogen-bond donors (Lipinski definition) is 1. The molecule has 1 saturated heterocycles. The molecule has 2 N–H and O–H groups in total. The minimum atomic E-state index is -0.256. The summed E-state index contributed by atoms with van der Waals surface area (Å²) in [5, 5.41) is 0. The van der Waals surface area contributed by atoms with Gasteiger partial charge in [0.1, 0.15) is 6.10 Å². The third-order valence-corrected chi connectivity index (χ3v) is 2.18. The van der Waals surface area contributed by atoms with Gasteiger partial charge in [0.05, 0.1) is 12.5 Å². The van der Waals surface area contributed by atoms with Gasteiger partial charge in [0.2, 0.25) is 0 Å². The van der Waals surface area contributed by atoms with Crippen molar-refractivity contribution in [3.63, 3.8) is 0 Å². The van der Waals surface area contributed by atoms with E-state index in [-0.39, 0.29) is 18.1 Å². The van der Waals surface area contributed by atoms with Crippen LogP contribution in [0.15, 0.2) is 30.3 Å². The van der Waals surface area contributed by atoms with Gasteiger partial charge in [-0.1, -0.05) is 30.3 Å². The van der Waals surface area contributed by atoms with Crippen LogP contribution in [0.1, 0.15) is 18.1 Å². The number of nitrogens with two attached hydrogens (primary N) is 1. The van der Waals surface area contributed by atoms with Crippen LogP contribution in [0.5, 0.6) is 0 Å². The molecule has 3 nitrogen and oxygen atoms in total. The molecule has 3 heteroatoms. The van der Waals surface area contributed by atoms with E-state index in [9.17, 15) is 4.79 Å². The number of cyclic esters (lactones) is 1. The molecular weight excluding hydrogens is 166 g/mol. The van der Waals surface area contributed by atoms with Crippen LogP contribution in [-0.4, -0.2) is 12.0 Å². The van der Waals surface area contributed by atoms with Gasteiger partial charge in [-0.2, -0.15) is 0 Å². The molecule has 0 amide bonds. The lowest BCUT2D eigenvalue weighted by Gasteiger charge is -2.13. The van der Waals surface area contributed by atoms with Gasteiger partial charge in [-0.25, -0.2) is 0 Å². The van der Waals surface area contributed by atoms with Gasteiger partial charge in [0, 0.05) is 0 Å². The maximum absolute atomic E-state index is 10.9. The van der Waals surface area contributed by atoms with Crippen LogP contribution < -0.4 is 5.73 Å². The Labute approximate surface area is 76.5 Å². The first-order valence-electron chi connectivity index (χ1n) is 4.27. The Bertz CT molecular complexity index is 310. The van der Waals surface area contributed by atoms with E-state index in [1.165, 1.54) is 0 Å². The minimum Gasteiger partial charge on any atom is -0.456 e. The first-order chi connectivity index (χ1) is 6.27. The highest BCUT2D eigenvalue weighted by molar-refractivity contribution is 5.73. The van der Waals surface area contributed by atoms with Gasteiger partial charge in [-0.05, 0) is 5.56 Å². The molecule has 0 bridgehead atoms. The predicted octanol–water partition coefficient (Wildman–Crippen LogP) is 1.00. The van der Waals surface area contributed by atoms with Gasteiger partial charge in [0.25, 0.3) is 0 Å². The van der Waals surface area contributed by atoms with E-state index in [0.29, 0.717) is 6.42 Å². The average molecular weight is 177 g/mol. The molecular formula is C10H11NO2. The largest absolute Gasteiger partial charge is 0.456 e. The summed E-state index contributed by atoms with van der Waals surface area (Å²) in [5.74, 6) is -0.207. The molecule has 2 atom stereocenters. The Morgan fingerprint density at radius 1 is 1.31 bits per heavy atom. The zero-order valence-corrected chi connectivity index (χ0v) is 7.14. The van der Waals surface area contributed by atoms with E-state index in [2.05, 4.69) is 0 Å². The fourth-order valence-corrected chi connectivity index (χ4v) is 1.53. The van der Waals surface area contributed by atoms with Crippen LogP contribution in [0.4, 0.5) is 0 Å². The normalized spacial score (nSPS) is 27.3. The minimum absolute atomic E-state index is 0.199. The first kappa shape index (κ1) is 8.26. The molecule has 1 heterocycles. The number of hydrogen-bond acceptors (Lipinski definition) is 3. The molecule has 1 aliphatic rings. The highest BCUT2D eigenvalue weighted by Crippen LogP contribution is 2.27. The second-order valence-corrected chi connectivity index (χ2v) is 3.19. The second-order valence-electron chi connectivity index (χ2n) is 3.19. The SMILES string of the molecule is NC1CC(=O)OC1c1ccccc1. The highest BCUT2D eigenvalue weighted by Gasteiger charge is 2.32. The molecule has 0 aromatic heterocycles. The fraction of sp³-hybridized carbons (Fsp3) is 0.300. The summed E-state index contributed by atoms with van der Waals surface area (Å²) in [4.78, 5) is 10.9. The third-order valence-electron chi connectivity index (χ3n) is 2.18. The Morgan fingerprint density at radius 3 is 2.54 bits per heavy atom. The van der Waals surface area contributed by atoms with Crippen molar-refractivity contribution in [2.24, 2.45) is 5.73 Å². The monoisotopic (exact) mass is 177 g/mol. The van der Waals surface area contributed by atoms with Crippen LogP contribution in [0, 0.1) is 0 Å². The highest BCUT2D eigenvalue weighted by atomic mass is 16.6. The number of carbonyl (C=O) groups excluding carboxylic acids is 1. The van der Waals surface area contributed by atoms with E-state index < -0.39 is 0 Å². The maximum atomic E-state index is 10.9. The average Bonchev–Trinajstić information content (AvgIpc) is 2.47. The predicted molar refractivity (Wildman–Crippen MR) is 47.9 cm³/mol. The molecule has 68 valence electrons. The molecule has 1 aliphatic heterocycles. The molecule has 0 spiro atoms. The molecule has 2 rings (SSSR count). The molecule has 0 aliphatic carbocycles. The summed E-state index contributed by atoms with van der Waals surface area (Å²) in [6.07, 6.45) is 0.0632. The Morgan fingerprint density at radius 2 is 2.00 bits per heavy atom. The van der Waals surface area contributed by atoms with Crippen LogP contribution >= 0.6 is 0 Å². The smallest absolute Gasteiger partial charge is 0.308 e. The Hall–Kier alpha value is -1.35. The van der Waals surface area contributed by atoms with Crippen LogP contribution in [-0.2, 0) is 9.53 Å². The molecule has 0 saturated carbocycles. The van der Waals surface area contributed by atoms with Crippen molar-refractivity contribution in [1.82, 2.24) is 0 Å². The summed E-state index contributed by atoms with van der Waals surface area (Å²) in [5.41, 5.74) is 6.73. The summed E-state index contributed by atoms with van der Waals surface area (Å²) in [7, 11) is 0. The van der Waals surface area contributed by atoms with E-state index in [0.717, 1.165) is 5.56 Å². The summed E-state index contributed by atoms with van der Waals surface area (Å²) < 4.78 is 5.10. The van der Waals surface area contributed by atoms with E-state index in [1.54, 1.807) is 0 Å². The lowest BCUT2D eigenvalue weighted by Crippen LogP contribution is -2.23. The number of benzene rings is 1. The molecule has 1 aromatic carbocycles. The van der Waals surface area contributed by atoms with Gasteiger partial charge in [0.15, 0.2) is 0 Å². The zero-order valence-electron chi connectivity index (χ0n) is 7.14. The van der Waals surface area contributed by atoms with Crippen molar-refractivity contribution < 1.29 is 9.53 Å². The van der Waals surface area contributed by atoms with Crippen molar-refractivity contribution in [1.29, 1.82) is 0 Å². The van der Waals surface area contributed by atoms with Gasteiger partial charge < -0.3 is 10.5 Å². The fourth-order valence-electron chi connectivity index (χ4n) is 1.53. The zero-order chi connectivity index (χ0) is 9.26. The van der Waals surface area contributed by atoms with Crippen molar-refractivity contribution in [2.45, 2.75) is 18.6 Å². The van der Waals surface area contributed by atoms with Crippen LogP contribution in [0.3, 0.4) is 0 Å². The summed E-state index contributed by atoms with van der Waals surface area (Å²) in [6.45, 7) is 0. The lowest BCUT2D eigenvalue weighted by atomic mass is 10.0. The van der Waals surface area contributed by atoms with E-state index in [1.807, 2.05) is 30.3 Å². The van der Waals surface area contributed by atoms with E-state index >= 15 is 0 Å². The van der Waals surface area contributed by atoms with Gasteiger partial charge in [-0.15, -0.1) is 0 Å². The van der Waals surface area contributed by atoms with Gasteiger partial charge >= 0.3 is 5.97 Å². The van der Waals surface area contributed by atoms with Crippen LogP contribution in [0.25, 0.3) is 0 Å². The van der Waals surface area contributed by atoms with Crippen molar-refractivity contribution in [3.05, 3.63) is 35.9 Å². The standard InChI is InChI=1S/C10H11NO2/c11-8-6-9(12)13-10(8)7-4-2-1-3-5-7/h1-5,8,10H,6,11H2. The van der Waals surface area contributed by atoms with E-state index in [4.69, 9.17) is 10.5 Å². The first-order valence-corrected chi connectivity index (χ1v) is 4.27. The summed E-state index contributed by atoms with van der Waals surface area (Å²) in [6, 6.07) is 9.38. The molecule has 13 heavy (non-hydrogen) atoms. The van der Waals surface area contributed by atoms with Crippen LogP contribution in [0.2, 0.25) is 0 Å². The topological polar surface area (TPSA) is 52.3 Å². The molecule has 0 radical (unpaired) electrons. The van der Waals surface area contributed by atoms with Crippen molar-refractivity contribution in [3.8, 4) is 0 Å². The number of esters is 1. The quantitative estimate of drug-likeness (QED) is 0.651. The third kappa shape index (κ3) is 1.55. The molecule has 1 fully saturated rings. The Balaban J connectivity index is 2.23. The Kier molecular flexibility index (Phi) is 2.02. The molecule has 1 aromatic rings. The molecule has 2 unspecified atom stereocenters. The second kappa shape index (κ2) is 3.18. The van der Waals surface area contributed by atoms with Crippen molar-refractivity contribution >= 4 is 5.97 Å². The summed E-state index contributed by atoms with van der Waals surface area (Å²) >= 11 is 0. The number of ether oxygens (including phenoxy) is 1. The number of rotatable bonds is 1. The maximum Gasteiger partial charge on any atom is 0.308 e. The number of carbonyl (C=O) groups is 1.